The number of ether oxygens (including phenoxy) is 3. The van der Waals surface area contributed by atoms with Gasteiger partial charge in [0.15, 0.2) is 0 Å². The molecule has 0 aliphatic heterocycles. The zero-order valence-corrected chi connectivity index (χ0v) is 11.1. The maximum atomic E-state index is 11.7. The fourth-order valence-corrected chi connectivity index (χ4v) is 1.39. The summed E-state index contributed by atoms with van der Waals surface area (Å²) in [6, 6.07) is 4.35. The maximum Gasteiger partial charge on any atom is 0.341 e. The standard InChI is InChI=1S/C13H17NO5/c1-4-11(14)19-10-6-5-8(12(15)17-2)7-9(10)13(16)18-3/h5-7,11H,4,14H2,1-3H3. The lowest BCUT2D eigenvalue weighted by molar-refractivity contribution is 0.0592. The van der Waals surface area contributed by atoms with E-state index in [1.54, 1.807) is 0 Å². The van der Waals surface area contributed by atoms with Gasteiger partial charge in [0.1, 0.15) is 17.5 Å². The average molecular weight is 267 g/mol. The van der Waals surface area contributed by atoms with Crippen molar-refractivity contribution in [2.75, 3.05) is 14.2 Å². The predicted octanol–water partition coefficient (Wildman–Crippen LogP) is 1.33. The largest absolute Gasteiger partial charge is 0.475 e. The minimum atomic E-state index is -0.607. The van der Waals surface area contributed by atoms with Crippen LogP contribution in [0.5, 0.6) is 5.75 Å². The lowest BCUT2D eigenvalue weighted by Gasteiger charge is -2.15. The highest BCUT2D eigenvalue weighted by molar-refractivity contribution is 5.97. The van der Waals surface area contributed by atoms with Crippen LogP contribution in [0, 0.1) is 0 Å². The third-order valence-electron chi connectivity index (χ3n) is 2.49. The summed E-state index contributed by atoms with van der Waals surface area (Å²) in [5, 5.41) is 0. The van der Waals surface area contributed by atoms with Gasteiger partial charge in [0, 0.05) is 0 Å². The van der Waals surface area contributed by atoms with E-state index in [0.29, 0.717) is 6.42 Å². The Morgan fingerprint density at radius 3 is 2.37 bits per heavy atom. The zero-order valence-electron chi connectivity index (χ0n) is 11.1. The number of benzene rings is 1. The summed E-state index contributed by atoms with van der Waals surface area (Å²) >= 11 is 0. The van der Waals surface area contributed by atoms with Crippen molar-refractivity contribution in [3.05, 3.63) is 29.3 Å². The Hall–Kier alpha value is -2.08. The molecule has 0 aromatic heterocycles. The molecule has 0 heterocycles. The van der Waals surface area contributed by atoms with E-state index in [1.807, 2.05) is 6.92 Å². The van der Waals surface area contributed by atoms with Crippen LogP contribution in [0.3, 0.4) is 0 Å². The molecule has 1 rings (SSSR count). The second kappa shape index (κ2) is 6.75. The molecule has 1 aromatic carbocycles. The highest BCUT2D eigenvalue weighted by atomic mass is 16.5. The first-order valence-corrected chi connectivity index (χ1v) is 5.76. The summed E-state index contributed by atoms with van der Waals surface area (Å²) in [5.41, 5.74) is 6.04. The minimum absolute atomic E-state index is 0.134. The topological polar surface area (TPSA) is 87.9 Å². The van der Waals surface area contributed by atoms with Crippen molar-refractivity contribution in [1.29, 1.82) is 0 Å². The SMILES string of the molecule is CCC(N)Oc1ccc(C(=O)OC)cc1C(=O)OC. The summed E-state index contributed by atoms with van der Waals surface area (Å²) in [7, 11) is 2.51. The van der Waals surface area contributed by atoms with Gasteiger partial charge in [-0.1, -0.05) is 6.92 Å². The van der Waals surface area contributed by atoms with Crippen LogP contribution in [0.1, 0.15) is 34.1 Å². The molecule has 0 spiro atoms. The van der Waals surface area contributed by atoms with Crippen LogP contribution < -0.4 is 10.5 Å². The van der Waals surface area contributed by atoms with Crippen molar-refractivity contribution in [1.82, 2.24) is 0 Å². The van der Waals surface area contributed by atoms with Crippen molar-refractivity contribution in [2.24, 2.45) is 5.73 Å². The highest BCUT2D eigenvalue weighted by Gasteiger charge is 2.18. The summed E-state index contributed by atoms with van der Waals surface area (Å²) in [4.78, 5) is 23.1. The molecule has 6 nitrogen and oxygen atoms in total. The van der Waals surface area contributed by atoms with E-state index >= 15 is 0 Å². The van der Waals surface area contributed by atoms with Gasteiger partial charge in [0.05, 0.1) is 19.8 Å². The maximum absolute atomic E-state index is 11.7. The number of methoxy groups -OCH3 is 2. The van der Waals surface area contributed by atoms with Crippen molar-refractivity contribution in [3.8, 4) is 5.75 Å². The second-order valence-electron chi connectivity index (χ2n) is 3.76. The van der Waals surface area contributed by atoms with Crippen molar-refractivity contribution >= 4 is 11.9 Å². The van der Waals surface area contributed by atoms with Crippen molar-refractivity contribution in [3.63, 3.8) is 0 Å². The van der Waals surface area contributed by atoms with Crippen LogP contribution in [0.4, 0.5) is 0 Å². The number of rotatable bonds is 5. The molecule has 0 saturated carbocycles. The Kier molecular flexibility index (Phi) is 5.32. The molecule has 1 aromatic rings. The van der Waals surface area contributed by atoms with Gasteiger partial charge in [0.2, 0.25) is 0 Å². The molecule has 0 saturated heterocycles. The van der Waals surface area contributed by atoms with Gasteiger partial charge in [-0.2, -0.15) is 0 Å². The van der Waals surface area contributed by atoms with E-state index in [1.165, 1.54) is 32.4 Å². The van der Waals surface area contributed by atoms with Crippen LogP contribution in [0.2, 0.25) is 0 Å². The molecular formula is C13H17NO5. The van der Waals surface area contributed by atoms with E-state index in [9.17, 15) is 9.59 Å². The van der Waals surface area contributed by atoms with E-state index < -0.39 is 18.2 Å². The number of hydrogen-bond donors (Lipinski definition) is 1. The molecule has 19 heavy (non-hydrogen) atoms. The third-order valence-corrected chi connectivity index (χ3v) is 2.49. The van der Waals surface area contributed by atoms with Gasteiger partial charge in [-0.05, 0) is 24.6 Å². The number of carbonyl (C=O) groups is 2. The van der Waals surface area contributed by atoms with Gasteiger partial charge in [0.25, 0.3) is 0 Å². The first-order chi connectivity index (χ1) is 9.03. The number of nitrogens with two attached hydrogens (primary N) is 1. The summed E-state index contributed by atoms with van der Waals surface area (Å²) in [5.74, 6) is -0.880. The molecule has 6 heteroatoms. The second-order valence-corrected chi connectivity index (χ2v) is 3.76. The Labute approximate surface area is 111 Å². The number of carbonyl (C=O) groups excluding carboxylic acids is 2. The molecule has 0 amide bonds. The fraction of sp³-hybridized carbons (Fsp3) is 0.385. The highest BCUT2D eigenvalue weighted by Crippen LogP contribution is 2.22. The summed E-state index contributed by atoms with van der Waals surface area (Å²) in [6.07, 6.45) is 0.0479. The monoisotopic (exact) mass is 267 g/mol. The molecule has 0 aliphatic carbocycles. The van der Waals surface area contributed by atoms with Crippen LogP contribution >= 0.6 is 0 Å². The van der Waals surface area contributed by atoms with E-state index in [2.05, 4.69) is 9.47 Å². The van der Waals surface area contributed by atoms with Crippen LogP contribution in [-0.4, -0.2) is 32.4 Å². The molecule has 1 unspecified atom stereocenters. The zero-order chi connectivity index (χ0) is 14.4. The van der Waals surface area contributed by atoms with Crippen molar-refractivity contribution < 1.29 is 23.8 Å². The minimum Gasteiger partial charge on any atom is -0.475 e. The van der Waals surface area contributed by atoms with Gasteiger partial charge in [-0.3, -0.25) is 5.73 Å². The molecule has 0 fully saturated rings. The smallest absolute Gasteiger partial charge is 0.341 e. The van der Waals surface area contributed by atoms with E-state index in [-0.39, 0.29) is 16.9 Å². The van der Waals surface area contributed by atoms with Gasteiger partial charge in [-0.15, -0.1) is 0 Å². The van der Waals surface area contributed by atoms with E-state index in [4.69, 9.17) is 10.5 Å². The van der Waals surface area contributed by atoms with Gasteiger partial charge < -0.3 is 14.2 Å². The lowest BCUT2D eigenvalue weighted by Crippen LogP contribution is -2.26. The van der Waals surface area contributed by atoms with Gasteiger partial charge >= 0.3 is 11.9 Å². The Bertz CT molecular complexity index is 472. The van der Waals surface area contributed by atoms with Crippen molar-refractivity contribution in [2.45, 2.75) is 19.6 Å². The Morgan fingerprint density at radius 1 is 1.21 bits per heavy atom. The quantitative estimate of drug-likeness (QED) is 0.639. The van der Waals surface area contributed by atoms with E-state index in [0.717, 1.165) is 0 Å². The normalized spacial score (nSPS) is 11.6. The molecule has 0 radical (unpaired) electrons. The third kappa shape index (κ3) is 3.69. The molecule has 1 atom stereocenters. The predicted molar refractivity (Wildman–Crippen MR) is 68.0 cm³/mol. The lowest BCUT2D eigenvalue weighted by atomic mass is 10.1. The Balaban J connectivity index is 3.16. The molecule has 0 bridgehead atoms. The average Bonchev–Trinajstić information content (AvgIpc) is 2.45. The molecule has 0 aliphatic rings. The first kappa shape index (κ1) is 15.0. The molecular weight excluding hydrogens is 250 g/mol. The molecule has 104 valence electrons. The first-order valence-electron chi connectivity index (χ1n) is 5.76. The number of hydrogen-bond acceptors (Lipinski definition) is 6. The van der Waals surface area contributed by atoms with Gasteiger partial charge in [-0.25, -0.2) is 9.59 Å². The Morgan fingerprint density at radius 2 is 1.84 bits per heavy atom. The number of esters is 2. The summed E-state index contributed by atoms with van der Waals surface area (Å²) < 4.78 is 14.6. The van der Waals surface area contributed by atoms with Crippen LogP contribution in [0.25, 0.3) is 0 Å². The fourth-order valence-electron chi connectivity index (χ4n) is 1.39. The summed E-state index contributed by atoms with van der Waals surface area (Å²) in [6.45, 7) is 1.85. The molecule has 2 N–H and O–H groups in total. The van der Waals surface area contributed by atoms with Crippen LogP contribution in [-0.2, 0) is 9.47 Å². The van der Waals surface area contributed by atoms with Crippen LogP contribution in [0.15, 0.2) is 18.2 Å².